The zero-order valence-electron chi connectivity index (χ0n) is 38.5. The van der Waals surface area contributed by atoms with Crippen molar-refractivity contribution >= 4 is 41.0 Å². The van der Waals surface area contributed by atoms with E-state index in [1.165, 1.54) is 0 Å². The molecule has 0 saturated carbocycles. The first-order valence-corrected chi connectivity index (χ1v) is 24.3. The number of hydrogen-bond donors (Lipinski definition) is 1. The number of benzene rings is 2. The van der Waals surface area contributed by atoms with E-state index in [4.69, 9.17) is 5.10 Å². The summed E-state index contributed by atoms with van der Waals surface area (Å²) in [5.41, 5.74) is 6.74. The first-order valence-electron chi connectivity index (χ1n) is 24.3. The van der Waals surface area contributed by atoms with E-state index in [-0.39, 0.29) is 36.3 Å². The zero-order chi connectivity index (χ0) is 46.5. The van der Waals surface area contributed by atoms with Gasteiger partial charge in [-0.3, -0.25) is 43.6 Å². The zero-order valence-corrected chi connectivity index (χ0v) is 38.5. The van der Waals surface area contributed by atoms with Gasteiger partial charge in [0.15, 0.2) is 5.82 Å². The lowest BCUT2D eigenvalue weighted by Gasteiger charge is -2.36. The van der Waals surface area contributed by atoms with Crippen LogP contribution in [0, 0.1) is 5.92 Å². The highest BCUT2D eigenvalue weighted by atomic mass is 19.3. The number of piperidine rings is 3. The molecule has 0 bridgehead atoms. The molecule has 1 unspecified atom stereocenters. The number of fused-ring (bicyclic) bond motifs is 3. The Kier molecular flexibility index (Phi) is 12.6. The SMILES string of the molecule is CC(=O)N1CCc2c(c(N3CCCc4cc(-c5cnn(C)c5)c(C(F)F)cc43)nn2C2CCN(CCN3CCC(CCCc4cccc5c4C(=O)N(C4CCC(=O)NC4=O)C5=O)CC3)CC2)C1. The maximum Gasteiger partial charge on any atom is 0.264 e. The molecule has 0 radical (unpaired) electrons. The van der Waals surface area contributed by atoms with Crippen LogP contribution >= 0.6 is 0 Å². The topological polar surface area (TPSA) is 149 Å². The van der Waals surface area contributed by atoms with Gasteiger partial charge in [-0.2, -0.15) is 10.2 Å². The van der Waals surface area contributed by atoms with Crippen LogP contribution in [0.4, 0.5) is 20.3 Å². The average molecular weight is 919 g/mol. The minimum atomic E-state index is -2.66. The summed E-state index contributed by atoms with van der Waals surface area (Å²) in [5.74, 6) is -0.477. The number of carbonyl (C=O) groups excluding carboxylic acids is 5. The minimum absolute atomic E-state index is 0.0143. The van der Waals surface area contributed by atoms with E-state index in [0.717, 1.165) is 129 Å². The molecule has 3 fully saturated rings. The molecular formula is C50H60F2N10O5. The monoisotopic (exact) mass is 918 g/mol. The number of likely N-dealkylation sites (tertiary alicyclic amines) is 2. The van der Waals surface area contributed by atoms with Gasteiger partial charge in [-0.25, -0.2) is 8.78 Å². The van der Waals surface area contributed by atoms with Gasteiger partial charge in [0, 0.05) is 100 Å². The highest BCUT2D eigenvalue weighted by molar-refractivity contribution is 6.24. The Morgan fingerprint density at radius 1 is 0.881 bits per heavy atom. The van der Waals surface area contributed by atoms with Crippen LogP contribution in [0.2, 0.25) is 0 Å². The van der Waals surface area contributed by atoms with Crippen LogP contribution in [0.5, 0.6) is 0 Å². The number of rotatable bonds is 12. The van der Waals surface area contributed by atoms with Crippen LogP contribution in [-0.2, 0) is 47.2 Å². The van der Waals surface area contributed by atoms with Gasteiger partial charge in [0.05, 0.1) is 29.9 Å². The molecule has 6 aliphatic heterocycles. The van der Waals surface area contributed by atoms with E-state index in [9.17, 15) is 32.8 Å². The quantitative estimate of drug-likeness (QED) is 0.168. The van der Waals surface area contributed by atoms with E-state index < -0.39 is 30.2 Å². The number of aromatic nitrogens is 4. The normalized spacial score (nSPS) is 21.0. The largest absolute Gasteiger partial charge is 0.338 e. The summed E-state index contributed by atoms with van der Waals surface area (Å²) in [6.07, 6.45) is 10.2. The van der Waals surface area contributed by atoms with Gasteiger partial charge in [0.2, 0.25) is 17.7 Å². The van der Waals surface area contributed by atoms with Gasteiger partial charge in [0.25, 0.3) is 18.2 Å². The van der Waals surface area contributed by atoms with Gasteiger partial charge in [0.1, 0.15) is 6.04 Å². The lowest BCUT2D eigenvalue weighted by molar-refractivity contribution is -0.136. The third-order valence-corrected chi connectivity index (χ3v) is 15.3. The molecule has 3 saturated heterocycles. The van der Waals surface area contributed by atoms with Crippen molar-refractivity contribution in [2.75, 3.05) is 57.3 Å². The van der Waals surface area contributed by atoms with Gasteiger partial charge in [-0.15, -0.1) is 0 Å². The lowest BCUT2D eigenvalue weighted by Crippen LogP contribution is -2.54. The second-order valence-corrected chi connectivity index (χ2v) is 19.4. The molecule has 67 heavy (non-hydrogen) atoms. The second kappa shape index (κ2) is 18.7. The average Bonchev–Trinajstić information content (AvgIpc) is 4.01. The number of hydrogen-bond acceptors (Lipinski definition) is 10. The summed E-state index contributed by atoms with van der Waals surface area (Å²) >= 11 is 0. The first kappa shape index (κ1) is 45.0. The van der Waals surface area contributed by atoms with Crippen molar-refractivity contribution in [2.45, 2.75) is 109 Å². The third kappa shape index (κ3) is 8.80. The molecule has 0 aliphatic carbocycles. The number of nitrogens with one attached hydrogen (secondary N) is 1. The van der Waals surface area contributed by atoms with Crippen LogP contribution in [0.15, 0.2) is 42.7 Å². The lowest BCUT2D eigenvalue weighted by atomic mass is 9.89. The molecule has 5 amide bonds. The molecule has 17 heteroatoms. The standard InChI is InChI=1S/C50H60F2N10O5/c1-31(63)59-23-17-41-40(30-59)47(60-18-5-9-34-26-38(35-28-53-56(2)29-35)39(46(51)52)27-43(34)60)55-62(41)36-15-21-58(22-16-36)25-24-57-19-13-32(14-20-57)6-3-7-33-8-4-10-37-45(33)50(67)61(49(37)66)42-11-12-44(64)54-48(42)65/h4,8,10,26-29,32,36,42,46H,3,5-7,9,11-25,30H2,1-2H3,(H,54,64,65). The molecule has 1 N–H and O–H groups in total. The molecule has 15 nitrogen and oxygen atoms in total. The summed E-state index contributed by atoms with van der Waals surface area (Å²) in [6.45, 7) is 9.43. The van der Waals surface area contributed by atoms with Crippen molar-refractivity contribution in [3.8, 4) is 11.1 Å². The Morgan fingerprint density at radius 3 is 2.34 bits per heavy atom. The Labute approximate surface area is 389 Å². The van der Waals surface area contributed by atoms with Crippen molar-refractivity contribution in [3.63, 3.8) is 0 Å². The Bertz CT molecular complexity index is 2590. The van der Waals surface area contributed by atoms with E-state index in [1.807, 2.05) is 23.1 Å². The highest BCUT2D eigenvalue weighted by Crippen LogP contribution is 2.44. The number of anilines is 2. The molecule has 4 aromatic rings. The summed E-state index contributed by atoms with van der Waals surface area (Å²) < 4.78 is 33.4. The van der Waals surface area contributed by atoms with E-state index in [2.05, 4.69) is 29.8 Å². The van der Waals surface area contributed by atoms with Crippen molar-refractivity contribution in [2.24, 2.45) is 13.0 Å². The molecule has 2 aromatic heterocycles. The molecule has 8 heterocycles. The maximum atomic E-state index is 14.7. The fourth-order valence-electron chi connectivity index (χ4n) is 11.6. The second-order valence-electron chi connectivity index (χ2n) is 19.4. The number of nitrogens with zero attached hydrogens (tertiary/aromatic N) is 9. The van der Waals surface area contributed by atoms with Crippen molar-refractivity contribution < 1.29 is 32.8 Å². The van der Waals surface area contributed by atoms with Crippen molar-refractivity contribution in [1.29, 1.82) is 0 Å². The molecule has 10 rings (SSSR count). The first-order chi connectivity index (χ1) is 32.4. The summed E-state index contributed by atoms with van der Waals surface area (Å²) in [6, 6.07) is 8.20. The van der Waals surface area contributed by atoms with Crippen LogP contribution in [0.1, 0.15) is 126 Å². The molecule has 0 spiro atoms. The number of alkyl halides is 2. The van der Waals surface area contributed by atoms with Gasteiger partial charge in [-0.1, -0.05) is 18.6 Å². The molecule has 1 atom stereocenters. The Hall–Kier alpha value is -5.81. The summed E-state index contributed by atoms with van der Waals surface area (Å²) in [4.78, 5) is 73.9. The van der Waals surface area contributed by atoms with Crippen LogP contribution in [0.25, 0.3) is 11.1 Å². The fourth-order valence-corrected chi connectivity index (χ4v) is 11.6. The highest BCUT2D eigenvalue weighted by Gasteiger charge is 2.45. The van der Waals surface area contributed by atoms with Crippen LogP contribution in [-0.4, -0.2) is 127 Å². The summed E-state index contributed by atoms with van der Waals surface area (Å²) in [7, 11) is 1.79. The number of halogens is 2. The van der Waals surface area contributed by atoms with Gasteiger partial charge < -0.3 is 19.6 Å². The Morgan fingerprint density at radius 2 is 1.64 bits per heavy atom. The van der Waals surface area contributed by atoms with E-state index >= 15 is 0 Å². The smallest absolute Gasteiger partial charge is 0.264 e. The van der Waals surface area contributed by atoms with Crippen molar-refractivity contribution in [3.05, 3.63) is 81.8 Å². The Balaban J connectivity index is 0.733. The minimum Gasteiger partial charge on any atom is -0.338 e. The number of amides is 5. The molecule has 6 aliphatic rings. The maximum absolute atomic E-state index is 14.7. The fraction of sp³-hybridized carbons (Fsp3) is 0.540. The van der Waals surface area contributed by atoms with E-state index in [1.54, 1.807) is 43.2 Å². The summed E-state index contributed by atoms with van der Waals surface area (Å²) in [5, 5.41) is 11.9. The van der Waals surface area contributed by atoms with Gasteiger partial charge >= 0.3 is 0 Å². The van der Waals surface area contributed by atoms with Crippen LogP contribution < -0.4 is 10.2 Å². The third-order valence-electron chi connectivity index (χ3n) is 15.3. The number of carbonyl (C=O) groups is 5. The molecular weight excluding hydrogens is 859 g/mol. The van der Waals surface area contributed by atoms with Crippen molar-refractivity contribution in [1.82, 2.24) is 44.5 Å². The van der Waals surface area contributed by atoms with Crippen LogP contribution in [0.3, 0.4) is 0 Å². The number of aryl methyl sites for hydroxylation is 3. The number of imide groups is 2. The molecule has 354 valence electrons. The van der Waals surface area contributed by atoms with E-state index in [0.29, 0.717) is 60.6 Å². The van der Waals surface area contributed by atoms with Gasteiger partial charge in [-0.05, 0) is 112 Å². The molecule has 2 aromatic carbocycles. The predicted octanol–water partition coefficient (Wildman–Crippen LogP) is 5.98. The predicted molar refractivity (Wildman–Crippen MR) is 246 cm³/mol.